The summed E-state index contributed by atoms with van der Waals surface area (Å²) in [5.41, 5.74) is 14.7. The van der Waals surface area contributed by atoms with Crippen molar-refractivity contribution >= 4 is 21.5 Å². The maximum absolute atomic E-state index is 6.57. The molecular formula is C22H41NP2. The Morgan fingerprint density at radius 1 is 0.640 bits per heavy atom. The van der Waals surface area contributed by atoms with E-state index in [9.17, 15) is 0 Å². The maximum Gasteiger partial charge on any atom is 0.0355 e. The van der Waals surface area contributed by atoms with Crippen molar-refractivity contribution in [3.63, 3.8) is 0 Å². The lowest BCUT2D eigenvalue weighted by molar-refractivity contribution is 0.900. The Morgan fingerprint density at radius 2 is 1.04 bits per heavy atom. The Labute approximate surface area is 160 Å². The van der Waals surface area contributed by atoms with E-state index in [0.29, 0.717) is 11.3 Å². The molecule has 0 radical (unpaired) electrons. The van der Waals surface area contributed by atoms with Crippen LogP contribution < -0.4 is 5.73 Å². The standard InChI is InChI=1S/C22H41NP2/c1-14(2)24(15(3)4)18(9)20-12-11-13-21(23)22(20)19(10)25(16(5)6)17(7)8/h11-19H,23H2,1-10H3. The number of hydrogen-bond donors (Lipinski definition) is 1. The van der Waals surface area contributed by atoms with E-state index in [2.05, 4.69) is 87.4 Å². The summed E-state index contributed by atoms with van der Waals surface area (Å²) in [5.74, 6) is 0. The fourth-order valence-corrected chi connectivity index (χ4v) is 11.8. The zero-order valence-corrected chi connectivity index (χ0v) is 20.0. The lowest BCUT2D eigenvalue weighted by Crippen LogP contribution is -2.15. The van der Waals surface area contributed by atoms with Crippen molar-refractivity contribution < 1.29 is 0 Å². The third kappa shape index (κ3) is 5.43. The average molecular weight is 382 g/mol. The predicted molar refractivity (Wildman–Crippen MR) is 122 cm³/mol. The largest absolute Gasteiger partial charge is 0.398 e. The summed E-state index contributed by atoms with van der Waals surface area (Å²) in [4.78, 5) is 0. The van der Waals surface area contributed by atoms with E-state index in [0.717, 1.165) is 28.3 Å². The lowest BCUT2D eigenvalue weighted by atomic mass is 10.0. The Bertz CT molecular complexity index is 521. The summed E-state index contributed by atoms with van der Waals surface area (Å²) in [6, 6.07) is 6.64. The molecule has 144 valence electrons. The molecule has 1 rings (SSSR count). The van der Waals surface area contributed by atoms with Crippen molar-refractivity contribution in [2.75, 3.05) is 5.73 Å². The smallest absolute Gasteiger partial charge is 0.0355 e. The van der Waals surface area contributed by atoms with Gasteiger partial charge in [0, 0.05) is 17.0 Å². The molecule has 0 aromatic heterocycles. The van der Waals surface area contributed by atoms with E-state index in [1.807, 2.05) is 0 Å². The lowest BCUT2D eigenvalue weighted by Gasteiger charge is -2.38. The Hall–Kier alpha value is -0.120. The van der Waals surface area contributed by atoms with Gasteiger partial charge in [0.2, 0.25) is 0 Å². The molecule has 3 heteroatoms. The first kappa shape index (κ1) is 22.9. The molecule has 0 aliphatic heterocycles. The molecule has 2 N–H and O–H groups in total. The van der Waals surface area contributed by atoms with Crippen LogP contribution in [0.15, 0.2) is 18.2 Å². The molecule has 0 aliphatic rings. The molecule has 0 saturated carbocycles. The highest BCUT2D eigenvalue weighted by atomic mass is 31.1. The van der Waals surface area contributed by atoms with Crippen molar-refractivity contribution in [3.8, 4) is 0 Å². The molecule has 1 aromatic rings. The van der Waals surface area contributed by atoms with Gasteiger partial charge in [-0.1, -0.05) is 97.2 Å². The molecule has 0 fully saturated rings. The second-order valence-corrected chi connectivity index (χ2v) is 15.9. The third-order valence-electron chi connectivity index (χ3n) is 5.32. The van der Waals surface area contributed by atoms with Crippen LogP contribution in [0.5, 0.6) is 0 Å². The molecule has 1 nitrogen and oxygen atoms in total. The monoisotopic (exact) mass is 381 g/mol. The highest BCUT2D eigenvalue weighted by molar-refractivity contribution is 7.60. The molecule has 25 heavy (non-hydrogen) atoms. The van der Waals surface area contributed by atoms with Crippen LogP contribution in [0.3, 0.4) is 0 Å². The van der Waals surface area contributed by atoms with Gasteiger partial charge in [0.1, 0.15) is 0 Å². The van der Waals surface area contributed by atoms with E-state index in [1.54, 1.807) is 0 Å². The Kier molecular flexibility index (Phi) is 8.90. The summed E-state index contributed by atoms with van der Waals surface area (Å²) in [6.45, 7) is 24.0. The molecule has 1 aromatic carbocycles. The van der Waals surface area contributed by atoms with Gasteiger partial charge in [-0.05, 0) is 39.8 Å². The van der Waals surface area contributed by atoms with Gasteiger partial charge in [0.05, 0.1) is 0 Å². The second kappa shape index (κ2) is 9.71. The summed E-state index contributed by atoms with van der Waals surface area (Å²) in [7, 11) is -0.164. The van der Waals surface area contributed by atoms with Gasteiger partial charge >= 0.3 is 0 Å². The number of rotatable bonds is 8. The zero-order valence-electron chi connectivity index (χ0n) is 18.2. The number of nitrogens with two attached hydrogens (primary N) is 1. The van der Waals surface area contributed by atoms with Gasteiger partial charge in [0.25, 0.3) is 0 Å². The Balaban J connectivity index is 3.43. The number of hydrogen-bond acceptors (Lipinski definition) is 1. The average Bonchev–Trinajstić information content (AvgIpc) is 2.44. The van der Waals surface area contributed by atoms with Crippen LogP contribution in [0.2, 0.25) is 0 Å². The highest BCUT2D eigenvalue weighted by Gasteiger charge is 2.31. The first-order chi connectivity index (χ1) is 11.5. The van der Waals surface area contributed by atoms with E-state index in [4.69, 9.17) is 5.73 Å². The number of benzene rings is 1. The highest BCUT2D eigenvalue weighted by Crippen LogP contribution is 2.63. The fraction of sp³-hybridized carbons (Fsp3) is 0.727. The van der Waals surface area contributed by atoms with Crippen LogP contribution in [0.1, 0.15) is 91.7 Å². The minimum Gasteiger partial charge on any atom is -0.398 e. The zero-order chi connectivity index (χ0) is 19.5. The topological polar surface area (TPSA) is 26.0 Å². The first-order valence-electron chi connectivity index (χ1n) is 9.93. The maximum atomic E-state index is 6.57. The van der Waals surface area contributed by atoms with Crippen molar-refractivity contribution in [1.82, 2.24) is 0 Å². The van der Waals surface area contributed by atoms with Crippen LogP contribution in [0.4, 0.5) is 5.69 Å². The molecule has 2 unspecified atom stereocenters. The summed E-state index contributed by atoms with van der Waals surface area (Å²) in [5, 5.41) is 0. The normalized spacial score (nSPS) is 15.2. The van der Waals surface area contributed by atoms with Gasteiger partial charge in [-0.25, -0.2) is 0 Å². The van der Waals surface area contributed by atoms with Crippen LogP contribution in [0, 0.1) is 0 Å². The van der Waals surface area contributed by atoms with Crippen molar-refractivity contribution in [1.29, 1.82) is 0 Å². The Morgan fingerprint density at radius 3 is 1.44 bits per heavy atom. The minimum absolute atomic E-state index is 0.0678. The van der Waals surface area contributed by atoms with Gasteiger partial charge in [0.15, 0.2) is 0 Å². The molecule has 0 heterocycles. The molecule has 0 amide bonds. The minimum atomic E-state index is -0.0961. The molecule has 0 saturated heterocycles. The summed E-state index contributed by atoms with van der Waals surface area (Å²) in [6.07, 6.45) is 0. The van der Waals surface area contributed by atoms with Crippen LogP contribution in [-0.2, 0) is 0 Å². The molecule has 0 aliphatic carbocycles. The summed E-state index contributed by atoms with van der Waals surface area (Å²) < 4.78 is 0. The number of anilines is 1. The molecule has 0 bridgehead atoms. The SMILES string of the molecule is CC(C)P(C(C)C)C(C)c1cccc(N)c1C(C)P(C(C)C)C(C)C. The third-order valence-corrected chi connectivity index (χ3v) is 12.4. The first-order valence-corrected chi connectivity index (χ1v) is 13.0. The van der Waals surface area contributed by atoms with Crippen molar-refractivity contribution in [2.24, 2.45) is 0 Å². The molecular weight excluding hydrogens is 340 g/mol. The predicted octanol–water partition coefficient (Wildman–Crippen LogP) is 7.99. The van der Waals surface area contributed by atoms with Crippen molar-refractivity contribution in [2.45, 2.75) is 103 Å². The van der Waals surface area contributed by atoms with E-state index in [-0.39, 0.29) is 15.8 Å². The van der Waals surface area contributed by atoms with E-state index < -0.39 is 0 Å². The van der Waals surface area contributed by atoms with E-state index in [1.165, 1.54) is 11.1 Å². The molecule has 0 spiro atoms. The van der Waals surface area contributed by atoms with Gasteiger partial charge in [-0.15, -0.1) is 0 Å². The molecule has 2 atom stereocenters. The van der Waals surface area contributed by atoms with Crippen LogP contribution >= 0.6 is 15.8 Å². The fourth-order valence-electron chi connectivity index (χ4n) is 4.74. The number of nitrogen functional groups attached to an aromatic ring is 1. The van der Waals surface area contributed by atoms with Gasteiger partial charge in [-0.3, -0.25) is 0 Å². The summed E-state index contributed by atoms with van der Waals surface area (Å²) >= 11 is 0. The van der Waals surface area contributed by atoms with Gasteiger partial charge in [-0.2, -0.15) is 0 Å². The quantitative estimate of drug-likeness (QED) is 0.358. The van der Waals surface area contributed by atoms with Crippen LogP contribution in [0.25, 0.3) is 0 Å². The van der Waals surface area contributed by atoms with Crippen LogP contribution in [-0.4, -0.2) is 22.6 Å². The van der Waals surface area contributed by atoms with Crippen molar-refractivity contribution in [3.05, 3.63) is 29.3 Å². The second-order valence-electron chi connectivity index (χ2n) is 8.47. The van der Waals surface area contributed by atoms with Gasteiger partial charge < -0.3 is 5.73 Å². The van der Waals surface area contributed by atoms with E-state index >= 15 is 0 Å².